The van der Waals surface area contributed by atoms with Gasteiger partial charge in [0.15, 0.2) is 0 Å². The van der Waals surface area contributed by atoms with Crippen LogP contribution in [0.4, 0.5) is 4.79 Å². The molecule has 0 aromatic carbocycles. The van der Waals surface area contributed by atoms with Gasteiger partial charge in [0.2, 0.25) is 0 Å². The number of likely N-dealkylation sites (tertiary alicyclic amines) is 1. The molecule has 1 aliphatic carbocycles. The number of hydrogen-bond donors (Lipinski definition) is 0. The molecule has 68 valence electrons. The monoisotopic (exact) mass is 168 g/mol. The standard InChI is InChI=1S/C9H16N2O/c1-10(2)8(12)11-7-6-9(11)4-3-5-9/h3-7H2,1-2H3. The van der Waals surface area contributed by atoms with Gasteiger partial charge in [-0.3, -0.25) is 0 Å². The molecule has 0 bridgehead atoms. The van der Waals surface area contributed by atoms with Gasteiger partial charge in [0, 0.05) is 26.2 Å². The third-order valence-electron chi connectivity index (χ3n) is 3.27. The first-order valence-corrected chi connectivity index (χ1v) is 4.65. The van der Waals surface area contributed by atoms with E-state index in [1.165, 1.54) is 25.7 Å². The van der Waals surface area contributed by atoms with E-state index in [0.717, 1.165) is 6.54 Å². The summed E-state index contributed by atoms with van der Waals surface area (Å²) in [6.45, 7) is 0.969. The van der Waals surface area contributed by atoms with Crippen LogP contribution >= 0.6 is 0 Å². The van der Waals surface area contributed by atoms with E-state index in [9.17, 15) is 4.79 Å². The van der Waals surface area contributed by atoms with Crippen LogP contribution in [-0.4, -0.2) is 42.0 Å². The summed E-state index contributed by atoms with van der Waals surface area (Å²) in [4.78, 5) is 15.3. The molecular weight excluding hydrogens is 152 g/mol. The number of hydrogen-bond acceptors (Lipinski definition) is 1. The summed E-state index contributed by atoms with van der Waals surface area (Å²) in [6.07, 6.45) is 4.99. The maximum atomic E-state index is 11.6. The SMILES string of the molecule is CN(C)C(=O)N1CCC12CCC2. The van der Waals surface area contributed by atoms with Gasteiger partial charge in [0.05, 0.1) is 0 Å². The number of rotatable bonds is 0. The van der Waals surface area contributed by atoms with Gasteiger partial charge >= 0.3 is 6.03 Å². The summed E-state index contributed by atoms with van der Waals surface area (Å²) in [5, 5.41) is 0. The minimum absolute atomic E-state index is 0.195. The Morgan fingerprint density at radius 2 is 2.00 bits per heavy atom. The largest absolute Gasteiger partial charge is 0.331 e. The Kier molecular flexibility index (Phi) is 1.56. The number of urea groups is 1. The van der Waals surface area contributed by atoms with E-state index in [2.05, 4.69) is 0 Å². The van der Waals surface area contributed by atoms with Crippen LogP contribution < -0.4 is 0 Å². The van der Waals surface area contributed by atoms with Crippen molar-refractivity contribution in [3.05, 3.63) is 0 Å². The average molecular weight is 168 g/mol. The van der Waals surface area contributed by atoms with Crippen molar-refractivity contribution < 1.29 is 4.79 Å². The van der Waals surface area contributed by atoms with Crippen LogP contribution in [0.5, 0.6) is 0 Å². The third-order valence-corrected chi connectivity index (χ3v) is 3.27. The summed E-state index contributed by atoms with van der Waals surface area (Å²) >= 11 is 0. The summed E-state index contributed by atoms with van der Waals surface area (Å²) in [5.74, 6) is 0. The maximum Gasteiger partial charge on any atom is 0.319 e. The molecule has 0 unspecified atom stereocenters. The first-order valence-electron chi connectivity index (χ1n) is 4.65. The first kappa shape index (κ1) is 7.90. The molecule has 2 fully saturated rings. The zero-order chi connectivity index (χ0) is 8.77. The molecule has 1 aliphatic heterocycles. The van der Waals surface area contributed by atoms with Crippen LogP contribution in [0.15, 0.2) is 0 Å². The van der Waals surface area contributed by atoms with E-state index in [4.69, 9.17) is 0 Å². The molecule has 1 saturated carbocycles. The van der Waals surface area contributed by atoms with E-state index < -0.39 is 0 Å². The molecule has 0 atom stereocenters. The first-order chi connectivity index (χ1) is 5.66. The molecule has 0 N–H and O–H groups in total. The van der Waals surface area contributed by atoms with Gasteiger partial charge in [0.1, 0.15) is 0 Å². The smallest absolute Gasteiger partial charge is 0.319 e. The lowest BCUT2D eigenvalue weighted by Gasteiger charge is -2.58. The lowest BCUT2D eigenvalue weighted by atomic mass is 9.68. The highest BCUT2D eigenvalue weighted by Crippen LogP contribution is 2.47. The molecule has 2 rings (SSSR count). The van der Waals surface area contributed by atoms with Crippen molar-refractivity contribution >= 4 is 6.03 Å². The zero-order valence-corrected chi connectivity index (χ0v) is 7.84. The fourth-order valence-corrected chi connectivity index (χ4v) is 2.18. The molecule has 0 aromatic rings. The van der Waals surface area contributed by atoms with Gasteiger partial charge in [-0.2, -0.15) is 0 Å². The van der Waals surface area contributed by atoms with Crippen molar-refractivity contribution in [2.75, 3.05) is 20.6 Å². The Balaban J connectivity index is 2.01. The molecule has 12 heavy (non-hydrogen) atoms. The Hall–Kier alpha value is -0.730. The molecule has 2 amide bonds. The molecular formula is C9H16N2O. The van der Waals surface area contributed by atoms with Gasteiger partial charge < -0.3 is 9.80 Å². The summed E-state index contributed by atoms with van der Waals surface area (Å²) in [5.41, 5.74) is 0.307. The molecule has 0 aromatic heterocycles. The van der Waals surface area contributed by atoms with Crippen LogP contribution in [-0.2, 0) is 0 Å². The fourth-order valence-electron chi connectivity index (χ4n) is 2.18. The van der Waals surface area contributed by atoms with E-state index >= 15 is 0 Å². The summed E-state index contributed by atoms with van der Waals surface area (Å²) in [7, 11) is 3.65. The van der Waals surface area contributed by atoms with Gasteiger partial charge in [-0.15, -0.1) is 0 Å². The predicted octanol–water partition coefficient (Wildman–Crippen LogP) is 1.30. The molecule has 3 heteroatoms. The lowest BCUT2D eigenvalue weighted by molar-refractivity contribution is -0.0438. The Morgan fingerprint density at radius 3 is 2.25 bits per heavy atom. The van der Waals surface area contributed by atoms with E-state index in [0.29, 0.717) is 5.54 Å². The van der Waals surface area contributed by atoms with Gasteiger partial charge in [-0.1, -0.05) is 0 Å². The second kappa shape index (κ2) is 2.38. The Morgan fingerprint density at radius 1 is 1.33 bits per heavy atom. The molecule has 0 radical (unpaired) electrons. The molecule has 1 heterocycles. The molecule has 3 nitrogen and oxygen atoms in total. The van der Waals surface area contributed by atoms with Crippen LogP contribution in [0.25, 0.3) is 0 Å². The maximum absolute atomic E-state index is 11.6. The van der Waals surface area contributed by atoms with E-state index in [1.54, 1.807) is 4.90 Å². The normalized spacial score (nSPS) is 24.7. The third kappa shape index (κ3) is 0.853. The van der Waals surface area contributed by atoms with Crippen LogP contribution in [0.3, 0.4) is 0 Å². The van der Waals surface area contributed by atoms with Crippen molar-refractivity contribution in [1.29, 1.82) is 0 Å². The highest BCUT2D eigenvalue weighted by atomic mass is 16.2. The van der Waals surface area contributed by atoms with Gasteiger partial charge in [0.25, 0.3) is 0 Å². The van der Waals surface area contributed by atoms with Crippen LogP contribution in [0, 0.1) is 0 Å². The number of carbonyl (C=O) groups excluding carboxylic acids is 1. The number of amides is 2. The minimum Gasteiger partial charge on any atom is -0.331 e. The fraction of sp³-hybridized carbons (Fsp3) is 0.889. The van der Waals surface area contributed by atoms with Crippen molar-refractivity contribution in [3.8, 4) is 0 Å². The quantitative estimate of drug-likeness (QED) is 0.534. The minimum atomic E-state index is 0.195. The highest BCUT2D eigenvalue weighted by molar-refractivity contribution is 5.76. The summed E-state index contributed by atoms with van der Waals surface area (Å²) in [6, 6.07) is 0.195. The van der Waals surface area contributed by atoms with Gasteiger partial charge in [-0.25, -0.2) is 4.79 Å². The molecule has 1 saturated heterocycles. The van der Waals surface area contributed by atoms with Crippen LogP contribution in [0.2, 0.25) is 0 Å². The topological polar surface area (TPSA) is 23.6 Å². The second-order valence-corrected chi connectivity index (χ2v) is 4.16. The number of carbonyl (C=O) groups is 1. The van der Waals surface area contributed by atoms with Gasteiger partial charge in [-0.05, 0) is 25.7 Å². The predicted molar refractivity (Wildman–Crippen MR) is 47.0 cm³/mol. The van der Waals surface area contributed by atoms with Crippen molar-refractivity contribution in [3.63, 3.8) is 0 Å². The Bertz CT molecular complexity index is 203. The molecule has 2 aliphatic rings. The van der Waals surface area contributed by atoms with Crippen molar-refractivity contribution in [2.45, 2.75) is 31.2 Å². The van der Waals surface area contributed by atoms with Crippen molar-refractivity contribution in [2.24, 2.45) is 0 Å². The Labute approximate surface area is 73.3 Å². The zero-order valence-electron chi connectivity index (χ0n) is 7.84. The second-order valence-electron chi connectivity index (χ2n) is 4.16. The van der Waals surface area contributed by atoms with Crippen LogP contribution in [0.1, 0.15) is 25.7 Å². The highest BCUT2D eigenvalue weighted by Gasteiger charge is 2.51. The molecule has 1 spiro atoms. The number of nitrogens with zero attached hydrogens (tertiary/aromatic N) is 2. The summed E-state index contributed by atoms with van der Waals surface area (Å²) < 4.78 is 0. The van der Waals surface area contributed by atoms with E-state index in [-0.39, 0.29) is 6.03 Å². The van der Waals surface area contributed by atoms with Crippen molar-refractivity contribution in [1.82, 2.24) is 9.80 Å². The average Bonchev–Trinajstić information content (AvgIpc) is 1.81. The van der Waals surface area contributed by atoms with E-state index in [1.807, 2.05) is 19.0 Å². The lowest BCUT2D eigenvalue weighted by Crippen LogP contribution is -2.67.